The number of hydrogen-bond acceptors (Lipinski definition) is 1. The van der Waals surface area contributed by atoms with E-state index in [1.165, 1.54) is 11.1 Å². The van der Waals surface area contributed by atoms with Crippen molar-refractivity contribution < 1.29 is 4.39 Å². The predicted octanol–water partition coefficient (Wildman–Crippen LogP) is 3.17. The molecule has 1 aromatic carbocycles. The summed E-state index contributed by atoms with van der Waals surface area (Å²) in [5.74, 6) is -0.105. The summed E-state index contributed by atoms with van der Waals surface area (Å²) in [7, 11) is 0. The summed E-state index contributed by atoms with van der Waals surface area (Å²) in [6.45, 7) is 6.40. The molecule has 0 atom stereocenters. The van der Waals surface area contributed by atoms with Gasteiger partial charge in [0.05, 0.1) is 0 Å². The molecule has 1 heterocycles. The van der Waals surface area contributed by atoms with Crippen LogP contribution < -0.4 is 5.32 Å². The highest BCUT2D eigenvalue weighted by molar-refractivity contribution is 5.34. The van der Waals surface area contributed by atoms with Crippen molar-refractivity contribution in [3.05, 3.63) is 35.1 Å². The number of rotatable bonds is 2. The molecule has 0 amide bonds. The molecule has 1 saturated heterocycles. The van der Waals surface area contributed by atoms with E-state index in [0.717, 1.165) is 32.4 Å². The lowest BCUT2D eigenvalue weighted by molar-refractivity contribution is 0.295. The fourth-order valence-electron chi connectivity index (χ4n) is 2.88. The molecule has 2 rings (SSSR count). The summed E-state index contributed by atoms with van der Waals surface area (Å²) in [4.78, 5) is 0. The molecule has 1 N–H and O–H groups in total. The standard InChI is InChI=1S/C14H20FN/c1-3-14(6-8-16-9-7-14)13-10-12(15)5-4-11(13)2/h4-5,10,16H,3,6-9H2,1-2H3. The van der Waals surface area contributed by atoms with Gasteiger partial charge in [0, 0.05) is 0 Å². The molecule has 0 bridgehead atoms. The zero-order valence-corrected chi connectivity index (χ0v) is 10.1. The van der Waals surface area contributed by atoms with Gasteiger partial charge in [-0.2, -0.15) is 0 Å². The van der Waals surface area contributed by atoms with Crippen molar-refractivity contribution in [2.24, 2.45) is 0 Å². The third kappa shape index (κ3) is 1.99. The molecule has 0 unspecified atom stereocenters. The van der Waals surface area contributed by atoms with E-state index in [1.807, 2.05) is 6.07 Å². The number of aryl methyl sites for hydroxylation is 1. The Morgan fingerprint density at radius 2 is 2.00 bits per heavy atom. The lowest BCUT2D eigenvalue weighted by atomic mass is 9.70. The van der Waals surface area contributed by atoms with E-state index in [2.05, 4.69) is 19.2 Å². The second kappa shape index (κ2) is 4.54. The predicted molar refractivity (Wildman–Crippen MR) is 65.2 cm³/mol. The molecular formula is C14H20FN. The maximum atomic E-state index is 13.4. The number of halogens is 1. The van der Waals surface area contributed by atoms with Gasteiger partial charge < -0.3 is 5.32 Å². The van der Waals surface area contributed by atoms with Crippen LogP contribution in [0, 0.1) is 12.7 Å². The maximum Gasteiger partial charge on any atom is 0.123 e. The second-order valence-electron chi connectivity index (χ2n) is 4.84. The molecule has 16 heavy (non-hydrogen) atoms. The number of hydrogen-bond donors (Lipinski definition) is 1. The first-order valence-corrected chi connectivity index (χ1v) is 6.15. The highest BCUT2D eigenvalue weighted by atomic mass is 19.1. The van der Waals surface area contributed by atoms with Crippen LogP contribution in [-0.4, -0.2) is 13.1 Å². The zero-order chi connectivity index (χ0) is 11.6. The van der Waals surface area contributed by atoms with Crippen LogP contribution in [0.25, 0.3) is 0 Å². The zero-order valence-electron chi connectivity index (χ0n) is 10.1. The second-order valence-corrected chi connectivity index (χ2v) is 4.84. The van der Waals surface area contributed by atoms with Crippen molar-refractivity contribution in [3.63, 3.8) is 0 Å². The van der Waals surface area contributed by atoms with Crippen LogP contribution in [0.2, 0.25) is 0 Å². The fraction of sp³-hybridized carbons (Fsp3) is 0.571. The molecule has 0 radical (unpaired) electrons. The molecule has 0 aromatic heterocycles. The third-order valence-corrected chi connectivity index (χ3v) is 4.01. The summed E-state index contributed by atoms with van der Waals surface area (Å²) in [5.41, 5.74) is 2.64. The van der Waals surface area contributed by atoms with E-state index in [9.17, 15) is 4.39 Å². The Balaban J connectivity index is 2.42. The highest BCUT2D eigenvalue weighted by Crippen LogP contribution is 2.38. The fourth-order valence-corrected chi connectivity index (χ4v) is 2.88. The van der Waals surface area contributed by atoms with Crippen molar-refractivity contribution in [2.45, 2.75) is 38.5 Å². The van der Waals surface area contributed by atoms with Gasteiger partial charge in [0.25, 0.3) is 0 Å². The van der Waals surface area contributed by atoms with Gasteiger partial charge in [0.2, 0.25) is 0 Å². The van der Waals surface area contributed by atoms with Crippen molar-refractivity contribution >= 4 is 0 Å². The van der Waals surface area contributed by atoms with Crippen LogP contribution in [0.5, 0.6) is 0 Å². The van der Waals surface area contributed by atoms with Gasteiger partial charge >= 0.3 is 0 Å². The van der Waals surface area contributed by atoms with Gasteiger partial charge in [-0.05, 0) is 68.0 Å². The molecule has 2 heteroatoms. The Kier molecular flexibility index (Phi) is 3.29. The minimum Gasteiger partial charge on any atom is -0.317 e. The van der Waals surface area contributed by atoms with Crippen LogP contribution in [0.3, 0.4) is 0 Å². The third-order valence-electron chi connectivity index (χ3n) is 4.01. The van der Waals surface area contributed by atoms with Crippen LogP contribution in [0.4, 0.5) is 4.39 Å². The number of nitrogens with one attached hydrogen (secondary N) is 1. The largest absolute Gasteiger partial charge is 0.317 e. The summed E-state index contributed by atoms with van der Waals surface area (Å²) in [5, 5.41) is 3.38. The highest BCUT2D eigenvalue weighted by Gasteiger charge is 2.33. The minimum absolute atomic E-state index is 0.105. The first-order valence-electron chi connectivity index (χ1n) is 6.15. The molecule has 1 aliphatic heterocycles. The van der Waals surface area contributed by atoms with Crippen molar-refractivity contribution in [2.75, 3.05) is 13.1 Å². The summed E-state index contributed by atoms with van der Waals surface area (Å²) in [6, 6.07) is 5.21. The topological polar surface area (TPSA) is 12.0 Å². The average Bonchev–Trinajstić information content (AvgIpc) is 2.33. The van der Waals surface area contributed by atoms with E-state index in [4.69, 9.17) is 0 Å². The lowest BCUT2D eigenvalue weighted by Gasteiger charge is -2.38. The van der Waals surface area contributed by atoms with Gasteiger partial charge in [-0.3, -0.25) is 0 Å². The molecule has 1 aromatic rings. The van der Waals surface area contributed by atoms with Gasteiger partial charge in [0.15, 0.2) is 0 Å². The summed E-state index contributed by atoms with van der Waals surface area (Å²) >= 11 is 0. The quantitative estimate of drug-likeness (QED) is 0.809. The van der Waals surface area contributed by atoms with Crippen molar-refractivity contribution in [1.29, 1.82) is 0 Å². The smallest absolute Gasteiger partial charge is 0.123 e. The monoisotopic (exact) mass is 221 g/mol. The van der Waals surface area contributed by atoms with E-state index in [-0.39, 0.29) is 11.2 Å². The molecule has 0 spiro atoms. The van der Waals surface area contributed by atoms with Crippen molar-refractivity contribution in [1.82, 2.24) is 5.32 Å². The van der Waals surface area contributed by atoms with Gasteiger partial charge in [-0.15, -0.1) is 0 Å². The molecule has 0 saturated carbocycles. The first kappa shape index (κ1) is 11.6. The molecule has 88 valence electrons. The van der Waals surface area contributed by atoms with Gasteiger partial charge in [-0.1, -0.05) is 13.0 Å². The van der Waals surface area contributed by atoms with Crippen molar-refractivity contribution in [3.8, 4) is 0 Å². The van der Waals surface area contributed by atoms with Crippen LogP contribution in [0.15, 0.2) is 18.2 Å². The molecule has 1 fully saturated rings. The Morgan fingerprint density at radius 1 is 1.31 bits per heavy atom. The summed E-state index contributed by atoms with van der Waals surface area (Å²) < 4.78 is 13.4. The van der Waals surface area contributed by atoms with Gasteiger partial charge in [0.1, 0.15) is 5.82 Å². The molecule has 1 nitrogen and oxygen atoms in total. The Bertz CT molecular complexity index is 367. The van der Waals surface area contributed by atoms with E-state index in [1.54, 1.807) is 12.1 Å². The van der Waals surface area contributed by atoms with Gasteiger partial charge in [-0.25, -0.2) is 4.39 Å². The number of benzene rings is 1. The Labute approximate surface area is 97.1 Å². The van der Waals surface area contributed by atoms with E-state index in [0.29, 0.717) is 0 Å². The maximum absolute atomic E-state index is 13.4. The van der Waals surface area contributed by atoms with Crippen LogP contribution in [0.1, 0.15) is 37.3 Å². The first-order chi connectivity index (χ1) is 7.68. The summed E-state index contributed by atoms with van der Waals surface area (Å²) in [6.07, 6.45) is 3.33. The van der Waals surface area contributed by atoms with E-state index < -0.39 is 0 Å². The minimum atomic E-state index is -0.105. The van der Waals surface area contributed by atoms with Crippen LogP contribution in [-0.2, 0) is 5.41 Å². The Morgan fingerprint density at radius 3 is 2.62 bits per heavy atom. The molecular weight excluding hydrogens is 201 g/mol. The Hall–Kier alpha value is -0.890. The van der Waals surface area contributed by atoms with E-state index >= 15 is 0 Å². The SMILES string of the molecule is CCC1(c2cc(F)ccc2C)CCNCC1. The molecule has 1 aliphatic rings. The normalized spacial score (nSPS) is 19.7. The average molecular weight is 221 g/mol. The lowest BCUT2D eigenvalue weighted by Crippen LogP contribution is -2.39. The van der Waals surface area contributed by atoms with Crippen LogP contribution >= 0.6 is 0 Å². The number of piperidine rings is 1. The molecule has 0 aliphatic carbocycles.